The van der Waals surface area contributed by atoms with Crippen LogP contribution >= 0.6 is 0 Å². The van der Waals surface area contributed by atoms with Gasteiger partial charge in [0.25, 0.3) is 0 Å². The maximum absolute atomic E-state index is 9.97. The van der Waals surface area contributed by atoms with E-state index in [1.165, 1.54) is 0 Å². The van der Waals surface area contributed by atoms with Crippen molar-refractivity contribution in [3.8, 4) is 22.7 Å². The predicted molar refractivity (Wildman–Crippen MR) is 115 cm³/mol. The molecule has 0 amide bonds. The summed E-state index contributed by atoms with van der Waals surface area (Å²) in [6.07, 6.45) is 8.13. The van der Waals surface area contributed by atoms with Crippen molar-refractivity contribution in [2.75, 3.05) is 7.11 Å². The minimum absolute atomic E-state index is 0.223. The zero-order chi connectivity index (χ0) is 20.8. The lowest BCUT2D eigenvalue weighted by Crippen LogP contribution is -2.07. The smallest absolute Gasteiger partial charge is 0.159 e. The van der Waals surface area contributed by atoms with Gasteiger partial charge in [-0.3, -0.25) is 0 Å². The molecule has 2 atom stereocenters. The molecular weight excluding hydrogens is 378 g/mol. The molecule has 0 aliphatic heterocycles. The van der Waals surface area contributed by atoms with Crippen LogP contribution in [0, 0.1) is 13.8 Å². The van der Waals surface area contributed by atoms with Crippen molar-refractivity contribution in [2.45, 2.75) is 45.3 Å². The van der Waals surface area contributed by atoms with Crippen LogP contribution in [0.15, 0.2) is 42.9 Å². The molecule has 154 valence electrons. The fourth-order valence-corrected chi connectivity index (χ4v) is 4.44. The summed E-state index contributed by atoms with van der Waals surface area (Å²) in [6, 6.07) is 8.15. The molecule has 1 saturated carbocycles. The third-order valence-corrected chi connectivity index (χ3v) is 5.98. The van der Waals surface area contributed by atoms with Crippen LogP contribution in [0.3, 0.4) is 0 Å². The molecule has 0 bridgehead atoms. The Morgan fingerprint density at radius 2 is 2.03 bits per heavy atom. The van der Waals surface area contributed by atoms with Gasteiger partial charge < -0.3 is 14.4 Å². The number of aromatic nitrogens is 5. The standard InChI is InChI=1S/C23H25N5O2/c1-14-13-27(16-5-7-18(29)11-16)23-21(14)26-22(15(2)25-23)19-8-6-17(12-20(19)30-3)28-10-4-9-24-28/h4,6,8-10,12-13,16,18,29H,5,7,11H2,1-3H3/t16-,18-/m1/s1. The zero-order valence-electron chi connectivity index (χ0n) is 17.4. The molecule has 0 spiro atoms. The first-order chi connectivity index (χ1) is 14.5. The van der Waals surface area contributed by atoms with Crippen LogP contribution in [0.25, 0.3) is 28.1 Å². The molecule has 1 N–H and O–H groups in total. The molecule has 1 fully saturated rings. The highest BCUT2D eigenvalue weighted by atomic mass is 16.5. The Kier molecular flexibility index (Phi) is 4.55. The summed E-state index contributed by atoms with van der Waals surface area (Å²) in [5.41, 5.74) is 6.38. The van der Waals surface area contributed by atoms with Gasteiger partial charge in [-0.1, -0.05) is 0 Å². The maximum atomic E-state index is 9.97. The third kappa shape index (κ3) is 3.06. The maximum Gasteiger partial charge on any atom is 0.159 e. The summed E-state index contributed by atoms with van der Waals surface area (Å²) >= 11 is 0. The molecule has 4 aromatic rings. The van der Waals surface area contributed by atoms with Gasteiger partial charge in [0.05, 0.1) is 30.3 Å². The van der Waals surface area contributed by atoms with E-state index in [0.717, 1.165) is 64.4 Å². The fraction of sp³-hybridized carbons (Fsp3) is 0.348. The summed E-state index contributed by atoms with van der Waals surface area (Å²) in [6.45, 7) is 4.05. The number of methoxy groups -OCH3 is 1. The average molecular weight is 403 g/mol. The number of rotatable bonds is 4. The van der Waals surface area contributed by atoms with Crippen molar-refractivity contribution in [3.63, 3.8) is 0 Å². The first-order valence-electron chi connectivity index (χ1n) is 10.3. The van der Waals surface area contributed by atoms with Gasteiger partial charge in [0, 0.05) is 36.3 Å². The van der Waals surface area contributed by atoms with Gasteiger partial charge >= 0.3 is 0 Å². The Morgan fingerprint density at radius 3 is 2.73 bits per heavy atom. The number of nitrogens with zero attached hydrogens (tertiary/aromatic N) is 5. The van der Waals surface area contributed by atoms with Crippen LogP contribution in [-0.2, 0) is 0 Å². The van der Waals surface area contributed by atoms with Crippen molar-refractivity contribution >= 4 is 11.2 Å². The minimum atomic E-state index is -0.223. The van der Waals surface area contributed by atoms with E-state index < -0.39 is 0 Å². The largest absolute Gasteiger partial charge is 0.496 e. The Morgan fingerprint density at radius 1 is 1.17 bits per heavy atom. The van der Waals surface area contributed by atoms with Gasteiger partial charge in [0.1, 0.15) is 11.3 Å². The summed E-state index contributed by atoms with van der Waals surface area (Å²) in [4.78, 5) is 9.94. The Balaban J connectivity index is 1.61. The van der Waals surface area contributed by atoms with E-state index in [1.54, 1.807) is 18.0 Å². The monoisotopic (exact) mass is 403 g/mol. The van der Waals surface area contributed by atoms with Gasteiger partial charge in [-0.15, -0.1) is 0 Å². The van der Waals surface area contributed by atoms with Crippen molar-refractivity contribution in [1.82, 2.24) is 24.3 Å². The zero-order valence-corrected chi connectivity index (χ0v) is 17.4. The van der Waals surface area contributed by atoms with E-state index in [4.69, 9.17) is 14.7 Å². The normalized spacial score (nSPS) is 18.9. The van der Waals surface area contributed by atoms with Crippen molar-refractivity contribution in [1.29, 1.82) is 0 Å². The van der Waals surface area contributed by atoms with Crippen LogP contribution in [0.4, 0.5) is 0 Å². The molecular formula is C23H25N5O2. The van der Waals surface area contributed by atoms with Gasteiger partial charge in [0.2, 0.25) is 0 Å². The highest BCUT2D eigenvalue weighted by Crippen LogP contribution is 2.36. The molecule has 0 saturated heterocycles. The molecule has 5 rings (SSSR count). The van der Waals surface area contributed by atoms with E-state index >= 15 is 0 Å². The molecule has 0 radical (unpaired) electrons. The topological polar surface area (TPSA) is 78.0 Å². The van der Waals surface area contributed by atoms with E-state index in [2.05, 4.69) is 22.8 Å². The lowest BCUT2D eigenvalue weighted by atomic mass is 10.1. The first kappa shape index (κ1) is 18.8. The number of hydrogen-bond acceptors (Lipinski definition) is 5. The van der Waals surface area contributed by atoms with Gasteiger partial charge in [-0.25, -0.2) is 14.6 Å². The molecule has 0 unspecified atom stereocenters. The fourth-order valence-electron chi connectivity index (χ4n) is 4.44. The van der Waals surface area contributed by atoms with Crippen molar-refractivity contribution in [3.05, 3.63) is 54.1 Å². The molecule has 7 nitrogen and oxygen atoms in total. The second-order valence-corrected chi connectivity index (χ2v) is 8.01. The highest BCUT2D eigenvalue weighted by Gasteiger charge is 2.27. The Hall–Kier alpha value is -3.19. The van der Waals surface area contributed by atoms with Gasteiger partial charge in [0.15, 0.2) is 5.65 Å². The minimum Gasteiger partial charge on any atom is -0.496 e. The number of benzene rings is 1. The molecule has 3 heterocycles. The molecule has 7 heteroatoms. The lowest BCUT2D eigenvalue weighted by molar-refractivity contribution is 0.178. The van der Waals surface area contributed by atoms with Gasteiger partial charge in [-0.05, 0) is 56.9 Å². The first-order valence-corrected chi connectivity index (χ1v) is 10.3. The van der Waals surface area contributed by atoms with E-state index in [1.807, 2.05) is 37.4 Å². The van der Waals surface area contributed by atoms with E-state index in [9.17, 15) is 5.11 Å². The number of aryl methyl sites for hydroxylation is 2. The SMILES string of the molecule is COc1cc(-n2cccn2)ccc1-c1nc2c(C)cn([C@@H]3CC[C@@H](O)C3)c2nc1C. The van der Waals surface area contributed by atoms with Crippen LogP contribution in [-0.4, -0.2) is 42.6 Å². The van der Waals surface area contributed by atoms with E-state index in [-0.39, 0.29) is 12.1 Å². The molecule has 1 aromatic carbocycles. The molecule has 1 aliphatic carbocycles. The second kappa shape index (κ2) is 7.25. The summed E-state index contributed by atoms with van der Waals surface area (Å²) in [7, 11) is 1.67. The Labute approximate surface area is 175 Å². The number of aliphatic hydroxyl groups excluding tert-OH is 1. The molecule has 3 aromatic heterocycles. The molecule has 1 aliphatic rings. The van der Waals surface area contributed by atoms with Crippen molar-refractivity contribution in [2.24, 2.45) is 0 Å². The number of aliphatic hydroxyl groups is 1. The van der Waals surface area contributed by atoms with E-state index in [0.29, 0.717) is 0 Å². The third-order valence-electron chi connectivity index (χ3n) is 5.98. The van der Waals surface area contributed by atoms with Crippen LogP contribution in [0.1, 0.15) is 36.6 Å². The van der Waals surface area contributed by atoms with Crippen LogP contribution in [0.2, 0.25) is 0 Å². The summed E-state index contributed by atoms with van der Waals surface area (Å²) in [5, 5.41) is 14.3. The second-order valence-electron chi connectivity index (χ2n) is 8.01. The Bertz CT molecular complexity index is 1210. The quantitative estimate of drug-likeness (QED) is 0.557. The summed E-state index contributed by atoms with van der Waals surface area (Å²) in [5.74, 6) is 0.732. The number of hydrogen-bond donors (Lipinski definition) is 1. The summed E-state index contributed by atoms with van der Waals surface area (Å²) < 4.78 is 9.69. The van der Waals surface area contributed by atoms with Crippen molar-refractivity contribution < 1.29 is 9.84 Å². The van der Waals surface area contributed by atoms with Crippen LogP contribution < -0.4 is 4.74 Å². The van der Waals surface area contributed by atoms with Gasteiger partial charge in [-0.2, -0.15) is 5.10 Å². The highest BCUT2D eigenvalue weighted by molar-refractivity contribution is 5.81. The average Bonchev–Trinajstić information content (AvgIpc) is 3.48. The number of ether oxygens (including phenoxy) is 1. The molecule has 30 heavy (non-hydrogen) atoms. The lowest BCUT2D eigenvalue weighted by Gasteiger charge is -2.15. The van der Waals surface area contributed by atoms with Crippen LogP contribution in [0.5, 0.6) is 5.75 Å². The predicted octanol–water partition coefficient (Wildman–Crippen LogP) is 4.00. The number of fused-ring (bicyclic) bond motifs is 1.